The molecule has 0 spiro atoms. The van der Waals surface area contributed by atoms with Crippen LogP contribution in [0.3, 0.4) is 0 Å². The average molecular weight is 278 g/mol. The highest BCUT2D eigenvalue weighted by Gasteiger charge is 2.11. The van der Waals surface area contributed by atoms with Gasteiger partial charge in [0.05, 0.1) is 6.10 Å². The Morgan fingerprint density at radius 1 is 1.10 bits per heavy atom. The van der Waals surface area contributed by atoms with E-state index in [9.17, 15) is 13.9 Å². The number of hydrogen-bond donors (Lipinski definition) is 1. The molecule has 1 atom stereocenters. The number of halogens is 2. The summed E-state index contributed by atoms with van der Waals surface area (Å²) in [6.07, 6.45) is -0.824. The van der Waals surface area contributed by atoms with Crippen LogP contribution in [0.4, 0.5) is 8.78 Å². The van der Waals surface area contributed by atoms with E-state index in [0.29, 0.717) is 11.3 Å². The van der Waals surface area contributed by atoms with Gasteiger partial charge in [0, 0.05) is 5.56 Å². The standard InChI is InChI=1S/C16H16F2O2/c1-10-7-13(17)4-3-12(10)9-20-16-6-5-14(18)8-15(16)11(2)19/h3-8,11,19H,9H2,1-2H3. The molecule has 0 aliphatic rings. The molecule has 4 heteroatoms. The Kier molecular flexibility index (Phi) is 4.35. The summed E-state index contributed by atoms with van der Waals surface area (Å²) < 4.78 is 31.8. The van der Waals surface area contributed by atoms with Gasteiger partial charge in [-0.15, -0.1) is 0 Å². The lowest BCUT2D eigenvalue weighted by atomic mass is 10.1. The van der Waals surface area contributed by atoms with Crippen molar-refractivity contribution >= 4 is 0 Å². The molecule has 0 aliphatic heterocycles. The Morgan fingerprint density at radius 3 is 2.40 bits per heavy atom. The molecule has 1 unspecified atom stereocenters. The maximum Gasteiger partial charge on any atom is 0.125 e. The van der Waals surface area contributed by atoms with Crippen LogP contribution in [0.15, 0.2) is 36.4 Å². The molecule has 0 heterocycles. The summed E-state index contributed by atoms with van der Waals surface area (Å²) in [6, 6.07) is 8.45. The normalized spacial score (nSPS) is 12.2. The van der Waals surface area contributed by atoms with Crippen molar-refractivity contribution in [1.29, 1.82) is 0 Å². The summed E-state index contributed by atoms with van der Waals surface area (Å²) in [5, 5.41) is 9.62. The molecular weight excluding hydrogens is 262 g/mol. The molecule has 0 radical (unpaired) electrons. The zero-order valence-corrected chi connectivity index (χ0v) is 11.4. The van der Waals surface area contributed by atoms with Gasteiger partial charge < -0.3 is 9.84 Å². The van der Waals surface area contributed by atoms with Gasteiger partial charge in [-0.3, -0.25) is 0 Å². The van der Waals surface area contributed by atoms with Gasteiger partial charge in [-0.1, -0.05) is 6.07 Å². The van der Waals surface area contributed by atoms with Crippen molar-refractivity contribution < 1.29 is 18.6 Å². The van der Waals surface area contributed by atoms with Crippen LogP contribution in [0.2, 0.25) is 0 Å². The molecule has 0 fully saturated rings. The van der Waals surface area contributed by atoms with Crippen molar-refractivity contribution in [2.75, 3.05) is 0 Å². The minimum absolute atomic E-state index is 0.234. The minimum atomic E-state index is -0.824. The zero-order valence-electron chi connectivity index (χ0n) is 11.4. The predicted octanol–water partition coefficient (Wildman–Crippen LogP) is 3.91. The third-order valence-corrected chi connectivity index (χ3v) is 3.11. The average Bonchev–Trinajstić information content (AvgIpc) is 2.38. The first-order valence-corrected chi connectivity index (χ1v) is 6.32. The summed E-state index contributed by atoms with van der Waals surface area (Å²) >= 11 is 0. The molecule has 2 aromatic rings. The first-order valence-electron chi connectivity index (χ1n) is 6.32. The maximum atomic E-state index is 13.2. The quantitative estimate of drug-likeness (QED) is 0.919. The van der Waals surface area contributed by atoms with Crippen molar-refractivity contribution in [2.24, 2.45) is 0 Å². The Labute approximate surface area is 116 Å². The molecular formula is C16H16F2O2. The number of aliphatic hydroxyl groups is 1. The second-order valence-corrected chi connectivity index (χ2v) is 4.72. The highest BCUT2D eigenvalue weighted by atomic mass is 19.1. The number of hydrogen-bond acceptors (Lipinski definition) is 2. The fourth-order valence-corrected chi connectivity index (χ4v) is 1.95. The molecule has 0 amide bonds. The van der Waals surface area contributed by atoms with E-state index < -0.39 is 11.9 Å². The van der Waals surface area contributed by atoms with Crippen LogP contribution in [0.1, 0.15) is 29.7 Å². The molecule has 0 aliphatic carbocycles. The number of rotatable bonds is 4. The molecule has 0 saturated carbocycles. The molecule has 2 rings (SSSR count). The second kappa shape index (κ2) is 6.01. The van der Waals surface area contributed by atoms with Crippen LogP contribution in [0.25, 0.3) is 0 Å². The van der Waals surface area contributed by atoms with Crippen molar-refractivity contribution in [2.45, 2.75) is 26.6 Å². The highest BCUT2D eigenvalue weighted by Crippen LogP contribution is 2.27. The van der Waals surface area contributed by atoms with Crippen LogP contribution >= 0.6 is 0 Å². The van der Waals surface area contributed by atoms with E-state index in [1.165, 1.54) is 30.3 Å². The minimum Gasteiger partial charge on any atom is -0.489 e. The monoisotopic (exact) mass is 278 g/mol. The Bertz CT molecular complexity index is 609. The first kappa shape index (κ1) is 14.5. The fourth-order valence-electron chi connectivity index (χ4n) is 1.95. The van der Waals surface area contributed by atoms with Crippen molar-refractivity contribution in [3.63, 3.8) is 0 Å². The number of benzene rings is 2. The lowest BCUT2D eigenvalue weighted by molar-refractivity contribution is 0.189. The molecule has 2 nitrogen and oxygen atoms in total. The summed E-state index contributed by atoms with van der Waals surface area (Å²) in [4.78, 5) is 0. The van der Waals surface area contributed by atoms with E-state index in [0.717, 1.165) is 11.1 Å². The van der Waals surface area contributed by atoms with Crippen LogP contribution in [0.5, 0.6) is 5.75 Å². The van der Waals surface area contributed by atoms with Crippen LogP contribution in [-0.4, -0.2) is 5.11 Å². The molecule has 106 valence electrons. The maximum absolute atomic E-state index is 13.2. The van der Waals surface area contributed by atoms with Crippen molar-refractivity contribution in [3.8, 4) is 5.75 Å². The van der Waals surface area contributed by atoms with Gasteiger partial charge in [-0.2, -0.15) is 0 Å². The summed E-state index contributed by atoms with van der Waals surface area (Å²) in [7, 11) is 0. The molecule has 0 aromatic heterocycles. The number of aryl methyl sites for hydroxylation is 1. The van der Waals surface area contributed by atoms with Gasteiger partial charge in [-0.05, 0) is 55.3 Å². The highest BCUT2D eigenvalue weighted by molar-refractivity contribution is 5.36. The van der Waals surface area contributed by atoms with Gasteiger partial charge in [0.1, 0.15) is 24.0 Å². The summed E-state index contributed by atoms with van der Waals surface area (Å²) in [6.45, 7) is 3.57. The molecule has 2 aromatic carbocycles. The third-order valence-electron chi connectivity index (χ3n) is 3.11. The van der Waals surface area contributed by atoms with Crippen LogP contribution in [-0.2, 0) is 6.61 Å². The third kappa shape index (κ3) is 3.33. The van der Waals surface area contributed by atoms with E-state index in [-0.39, 0.29) is 12.4 Å². The van der Waals surface area contributed by atoms with Gasteiger partial charge in [-0.25, -0.2) is 8.78 Å². The van der Waals surface area contributed by atoms with E-state index in [1.54, 1.807) is 19.9 Å². The zero-order chi connectivity index (χ0) is 14.7. The number of aliphatic hydroxyl groups excluding tert-OH is 1. The van der Waals surface area contributed by atoms with E-state index in [1.807, 2.05) is 0 Å². The van der Waals surface area contributed by atoms with Crippen LogP contribution < -0.4 is 4.74 Å². The van der Waals surface area contributed by atoms with Crippen molar-refractivity contribution in [3.05, 3.63) is 64.7 Å². The summed E-state index contributed by atoms with van der Waals surface area (Å²) in [5.41, 5.74) is 2.02. The SMILES string of the molecule is Cc1cc(F)ccc1COc1ccc(F)cc1C(C)O. The smallest absolute Gasteiger partial charge is 0.125 e. The Balaban J connectivity index is 2.18. The second-order valence-electron chi connectivity index (χ2n) is 4.72. The lowest BCUT2D eigenvalue weighted by Gasteiger charge is -2.14. The largest absolute Gasteiger partial charge is 0.489 e. The van der Waals surface area contributed by atoms with E-state index >= 15 is 0 Å². The lowest BCUT2D eigenvalue weighted by Crippen LogP contribution is -2.03. The van der Waals surface area contributed by atoms with E-state index in [2.05, 4.69) is 0 Å². The van der Waals surface area contributed by atoms with Gasteiger partial charge in [0.2, 0.25) is 0 Å². The summed E-state index contributed by atoms with van der Waals surface area (Å²) in [5.74, 6) is -0.297. The molecule has 1 N–H and O–H groups in total. The van der Waals surface area contributed by atoms with E-state index in [4.69, 9.17) is 4.74 Å². The fraction of sp³-hybridized carbons (Fsp3) is 0.250. The van der Waals surface area contributed by atoms with Gasteiger partial charge in [0.15, 0.2) is 0 Å². The molecule has 0 saturated heterocycles. The molecule has 0 bridgehead atoms. The predicted molar refractivity (Wildman–Crippen MR) is 72.5 cm³/mol. The molecule has 20 heavy (non-hydrogen) atoms. The Hall–Kier alpha value is -1.94. The first-order chi connectivity index (χ1) is 9.47. The van der Waals surface area contributed by atoms with Crippen molar-refractivity contribution in [1.82, 2.24) is 0 Å². The van der Waals surface area contributed by atoms with Gasteiger partial charge >= 0.3 is 0 Å². The Morgan fingerprint density at radius 2 is 1.75 bits per heavy atom. The number of ether oxygens (including phenoxy) is 1. The van der Waals surface area contributed by atoms with Crippen LogP contribution in [0, 0.1) is 18.6 Å². The topological polar surface area (TPSA) is 29.5 Å². The van der Waals surface area contributed by atoms with Gasteiger partial charge in [0.25, 0.3) is 0 Å².